The summed E-state index contributed by atoms with van der Waals surface area (Å²) in [5, 5.41) is 6.23. The maximum atomic E-state index is 4.32. The lowest BCUT2D eigenvalue weighted by Gasteiger charge is -2.26. The van der Waals surface area contributed by atoms with Crippen molar-refractivity contribution in [1.29, 1.82) is 0 Å². The zero-order valence-electron chi connectivity index (χ0n) is 11.8. The summed E-state index contributed by atoms with van der Waals surface area (Å²) in [6, 6.07) is 9.43. The third-order valence-electron chi connectivity index (χ3n) is 4.57. The number of benzene rings is 1. The van der Waals surface area contributed by atoms with Gasteiger partial charge in [-0.05, 0) is 48.2 Å². The number of pyridine rings is 1. The summed E-state index contributed by atoms with van der Waals surface area (Å²) in [6.07, 6.45) is 7.68. The molecule has 19 heavy (non-hydrogen) atoms. The van der Waals surface area contributed by atoms with Crippen molar-refractivity contribution in [3.8, 4) is 0 Å². The first-order valence-corrected chi connectivity index (χ1v) is 7.29. The lowest BCUT2D eigenvalue weighted by atomic mass is 9.79. The number of aromatic nitrogens is 1. The van der Waals surface area contributed by atoms with Crippen molar-refractivity contribution in [2.75, 3.05) is 6.54 Å². The van der Waals surface area contributed by atoms with Gasteiger partial charge in [-0.15, -0.1) is 0 Å². The van der Waals surface area contributed by atoms with E-state index in [0.717, 1.165) is 6.54 Å². The molecule has 2 unspecified atom stereocenters. The van der Waals surface area contributed by atoms with E-state index in [9.17, 15) is 0 Å². The molecule has 0 saturated heterocycles. The van der Waals surface area contributed by atoms with Crippen LogP contribution in [0.5, 0.6) is 0 Å². The summed E-state index contributed by atoms with van der Waals surface area (Å²) in [5.41, 5.74) is 1.76. The van der Waals surface area contributed by atoms with E-state index in [4.69, 9.17) is 0 Å². The highest BCUT2D eigenvalue weighted by molar-refractivity contribution is 5.85. The maximum Gasteiger partial charge on any atom is 0.0349 e. The van der Waals surface area contributed by atoms with Crippen LogP contribution < -0.4 is 5.32 Å². The molecule has 0 amide bonds. The second-order valence-electron chi connectivity index (χ2n) is 5.96. The number of rotatable bonds is 3. The van der Waals surface area contributed by atoms with Crippen LogP contribution in [0.25, 0.3) is 10.8 Å². The van der Waals surface area contributed by atoms with E-state index in [1.807, 2.05) is 12.4 Å². The van der Waals surface area contributed by atoms with Crippen LogP contribution in [0.15, 0.2) is 36.7 Å². The van der Waals surface area contributed by atoms with Crippen molar-refractivity contribution in [3.63, 3.8) is 0 Å². The van der Waals surface area contributed by atoms with Crippen LogP contribution >= 0.6 is 0 Å². The Labute approximate surface area is 115 Å². The first-order valence-electron chi connectivity index (χ1n) is 7.29. The third-order valence-corrected chi connectivity index (χ3v) is 4.57. The highest BCUT2D eigenvalue weighted by Gasteiger charge is 2.36. The molecule has 1 aliphatic rings. The van der Waals surface area contributed by atoms with Gasteiger partial charge < -0.3 is 5.32 Å². The van der Waals surface area contributed by atoms with Crippen LogP contribution in [0.1, 0.15) is 38.7 Å². The minimum absolute atomic E-state index is 0.287. The zero-order valence-corrected chi connectivity index (χ0v) is 11.8. The van der Waals surface area contributed by atoms with Gasteiger partial charge in [0.1, 0.15) is 0 Å². The van der Waals surface area contributed by atoms with Crippen LogP contribution in [-0.2, 0) is 5.41 Å². The van der Waals surface area contributed by atoms with Gasteiger partial charge in [0.25, 0.3) is 0 Å². The Morgan fingerprint density at radius 3 is 3.11 bits per heavy atom. The molecule has 2 aromatic rings. The minimum Gasteiger partial charge on any atom is -0.314 e. The summed E-state index contributed by atoms with van der Waals surface area (Å²) >= 11 is 0. The van der Waals surface area contributed by atoms with Gasteiger partial charge in [0.2, 0.25) is 0 Å². The Hall–Kier alpha value is -1.41. The number of hydrogen-bond donors (Lipinski definition) is 1. The summed E-state index contributed by atoms with van der Waals surface area (Å²) < 4.78 is 0. The molecule has 2 heteroatoms. The Morgan fingerprint density at radius 2 is 2.26 bits per heavy atom. The monoisotopic (exact) mass is 254 g/mol. The molecule has 1 fully saturated rings. The molecule has 2 nitrogen and oxygen atoms in total. The molecular weight excluding hydrogens is 232 g/mol. The van der Waals surface area contributed by atoms with Crippen molar-refractivity contribution in [3.05, 3.63) is 42.2 Å². The number of nitrogens with one attached hydrogen (secondary N) is 1. The van der Waals surface area contributed by atoms with E-state index >= 15 is 0 Å². The van der Waals surface area contributed by atoms with E-state index in [-0.39, 0.29) is 5.41 Å². The molecule has 2 atom stereocenters. The van der Waals surface area contributed by atoms with Gasteiger partial charge in [0.05, 0.1) is 0 Å². The summed E-state index contributed by atoms with van der Waals surface area (Å²) in [5.74, 6) is 0. The Kier molecular flexibility index (Phi) is 3.28. The van der Waals surface area contributed by atoms with Crippen molar-refractivity contribution >= 4 is 10.8 Å². The smallest absolute Gasteiger partial charge is 0.0349 e. The van der Waals surface area contributed by atoms with E-state index in [1.165, 1.54) is 35.6 Å². The van der Waals surface area contributed by atoms with Gasteiger partial charge in [-0.2, -0.15) is 0 Å². The van der Waals surface area contributed by atoms with E-state index < -0.39 is 0 Å². The van der Waals surface area contributed by atoms with Crippen LogP contribution in [0.3, 0.4) is 0 Å². The standard InChI is InChI=1S/C17H22N2/c1-3-19-14-7-9-17(2,11-14)16-6-4-5-13-8-10-18-12-15(13)16/h4-6,8,10,12,14,19H,3,7,9,11H2,1-2H3. The van der Waals surface area contributed by atoms with Gasteiger partial charge in [-0.1, -0.05) is 32.0 Å². The van der Waals surface area contributed by atoms with E-state index in [1.54, 1.807) is 0 Å². The van der Waals surface area contributed by atoms with Crippen LogP contribution in [0, 0.1) is 0 Å². The quantitative estimate of drug-likeness (QED) is 0.904. The highest BCUT2D eigenvalue weighted by Crippen LogP contribution is 2.43. The Bertz CT molecular complexity index is 573. The second kappa shape index (κ2) is 4.93. The van der Waals surface area contributed by atoms with Gasteiger partial charge >= 0.3 is 0 Å². The number of hydrogen-bond acceptors (Lipinski definition) is 2. The lowest BCUT2D eigenvalue weighted by Crippen LogP contribution is -2.28. The van der Waals surface area contributed by atoms with Crippen LogP contribution in [0.4, 0.5) is 0 Å². The molecule has 1 aliphatic carbocycles. The molecule has 1 aromatic carbocycles. The Balaban J connectivity index is 2.00. The number of nitrogens with zero attached hydrogens (tertiary/aromatic N) is 1. The molecule has 3 rings (SSSR count). The summed E-state index contributed by atoms with van der Waals surface area (Å²) in [6.45, 7) is 5.67. The van der Waals surface area contributed by atoms with Gasteiger partial charge in [0.15, 0.2) is 0 Å². The molecule has 0 spiro atoms. The molecule has 1 N–H and O–H groups in total. The molecule has 100 valence electrons. The molecular formula is C17H22N2. The first-order chi connectivity index (χ1) is 9.23. The summed E-state index contributed by atoms with van der Waals surface area (Å²) in [4.78, 5) is 4.32. The number of fused-ring (bicyclic) bond motifs is 1. The van der Waals surface area contributed by atoms with Crippen LogP contribution in [-0.4, -0.2) is 17.6 Å². The third kappa shape index (κ3) is 2.25. The molecule has 1 saturated carbocycles. The maximum absolute atomic E-state index is 4.32. The van der Waals surface area contributed by atoms with Crippen molar-refractivity contribution < 1.29 is 0 Å². The van der Waals surface area contributed by atoms with Gasteiger partial charge in [-0.3, -0.25) is 4.98 Å². The second-order valence-corrected chi connectivity index (χ2v) is 5.96. The molecule has 0 bridgehead atoms. The molecule has 1 aromatic heterocycles. The molecule has 0 aliphatic heterocycles. The fourth-order valence-electron chi connectivity index (χ4n) is 3.59. The largest absolute Gasteiger partial charge is 0.314 e. The fourth-order valence-corrected chi connectivity index (χ4v) is 3.59. The summed E-state index contributed by atoms with van der Waals surface area (Å²) in [7, 11) is 0. The predicted octanol–water partition coefficient (Wildman–Crippen LogP) is 3.65. The fraction of sp³-hybridized carbons (Fsp3) is 0.471. The Morgan fingerprint density at radius 1 is 1.37 bits per heavy atom. The van der Waals surface area contributed by atoms with Crippen molar-refractivity contribution in [1.82, 2.24) is 10.3 Å². The molecule has 0 radical (unpaired) electrons. The van der Waals surface area contributed by atoms with Crippen LogP contribution in [0.2, 0.25) is 0 Å². The topological polar surface area (TPSA) is 24.9 Å². The van der Waals surface area contributed by atoms with Crippen molar-refractivity contribution in [2.45, 2.75) is 44.6 Å². The minimum atomic E-state index is 0.287. The first kappa shape index (κ1) is 12.6. The van der Waals surface area contributed by atoms with Crippen molar-refractivity contribution in [2.24, 2.45) is 0 Å². The highest BCUT2D eigenvalue weighted by atomic mass is 14.9. The zero-order chi connectivity index (χ0) is 13.3. The van der Waals surface area contributed by atoms with Gasteiger partial charge in [-0.25, -0.2) is 0 Å². The SMILES string of the molecule is CCNC1CCC(C)(c2cccc3ccncc23)C1. The normalized spacial score (nSPS) is 26.9. The molecule has 1 heterocycles. The average Bonchev–Trinajstić information content (AvgIpc) is 2.81. The predicted molar refractivity (Wildman–Crippen MR) is 80.4 cm³/mol. The van der Waals surface area contributed by atoms with E-state index in [2.05, 4.69) is 48.4 Å². The van der Waals surface area contributed by atoms with E-state index in [0.29, 0.717) is 6.04 Å². The van der Waals surface area contributed by atoms with Gasteiger partial charge in [0, 0.05) is 23.8 Å². The average molecular weight is 254 g/mol. The lowest BCUT2D eigenvalue weighted by molar-refractivity contribution is 0.461.